The molecule has 0 aromatic carbocycles. The van der Waals surface area contributed by atoms with Crippen LogP contribution in [0.25, 0.3) is 0 Å². The van der Waals surface area contributed by atoms with Crippen LogP contribution in [0.3, 0.4) is 0 Å². The highest BCUT2D eigenvalue weighted by Gasteiger charge is 2.23. The van der Waals surface area contributed by atoms with Gasteiger partial charge in [-0.05, 0) is 32.1 Å². The van der Waals surface area contributed by atoms with E-state index in [-0.39, 0.29) is 0 Å². The zero-order valence-corrected chi connectivity index (χ0v) is 10.1. The molecule has 1 atom stereocenters. The van der Waals surface area contributed by atoms with Crippen LogP contribution >= 0.6 is 0 Å². The van der Waals surface area contributed by atoms with E-state index in [1.165, 1.54) is 51.4 Å². The molecule has 2 fully saturated rings. The third-order valence-corrected chi connectivity index (χ3v) is 4.00. The van der Waals surface area contributed by atoms with Crippen LogP contribution in [0.4, 0.5) is 0 Å². The van der Waals surface area contributed by atoms with E-state index < -0.39 is 0 Å². The molecule has 0 unspecified atom stereocenters. The van der Waals surface area contributed by atoms with Gasteiger partial charge < -0.3 is 10.5 Å². The molecule has 0 bridgehead atoms. The van der Waals surface area contributed by atoms with Crippen LogP contribution in [-0.2, 0) is 0 Å². The molecule has 0 heterocycles. The molecular formula is C13H24N2O. The summed E-state index contributed by atoms with van der Waals surface area (Å²) in [6, 6.07) is 1.00. The summed E-state index contributed by atoms with van der Waals surface area (Å²) >= 11 is 0. The van der Waals surface area contributed by atoms with Crippen molar-refractivity contribution in [2.24, 2.45) is 5.16 Å². The highest BCUT2D eigenvalue weighted by molar-refractivity contribution is 5.89. The van der Waals surface area contributed by atoms with E-state index in [0.29, 0.717) is 12.1 Å². The summed E-state index contributed by atoms with van der Waals surface area (Å²) in [5, 5.41) is 16.3. The van der Waals surface area contributed by atoms with Crippen molar-refractivity contribution in [1.29, 1.82) is 0 Å². The zero-order chi connectivity index (χ0) is 11.2. The van der Waals surface area contributed by atoms with Crippen molar-refractivity contribution >= 4 is 5.71 Å². The van der Waals surface area contributed by atoms with Gasteiger partial charge in [-0.25, -0.2) is 0 Å². The summed E-state index contributed by atoms with van der Waals surface area (Å²) in [4.78, 5) is 0. The van der Waals surface area contributed by atoms with Crippen LogP contribution in [-0.4, -0.2) is 23.0 Å². The highest BCUT2D eigenvalue weighted by Crippen LogP contribution is 2.21. The Hall–Kier alpha value is -0.570. The molecule has 3 nitrogen and oxygen atoms in total. The molecule has 0 amide bonds. The first kappa shape index (κ1) is 11.9. The van der Waals surface area contributed by atoms with Crippen molar-refractivity contribution in [2.45, 2.75) is 76.3 Å². The maximum atomic E-state index is 9.06. The van der Waals surface area contributed by atoms with Crippen LogP contribution in [0.15, 0.2) is 5.16 Å². The van der Waals surface area contributed by atoms with Crippen LogP contribution in [0.1, 0.15) is 64.2 Å². The summed E-state index contributed by atoms with van der Waals surface area (Å²) in [5.41, 5.74) is 0.989. The molecule has 92 valence electrons. The lowest BCUT2D eigenvalue weighted by molar-refractivity contribution is 0.308. The molecule has 2 aliphatic rings. The third-order valence-electron chi connectivity index (χ3n) is 4.00. The van der Waals surface area contributed by atoms with Gasteiger partial charge in [0.15, 0.2) is 0 Å². The van der Waals surface area contributed by atoms with E-state index in [4.69, 9.17) is 5.21 Å². The van der Waals surface area contributed by atoms with Crippen molar-refractivity contribution < 1.29 is 5.21 Å². The predicted molar refractivity (Wildman–Crippen MR) is 66.1 cm³/mol. The normalized spacial score (nSPS) is 31.5. The first-order valence-corrected chi connectivity index (χ1v) is 6.87. The van der Waals surface area contributed by atoms with Crippen LogP contribution in [0, 0.1) is 0 Å². The number of hydrogen-bond donors (Lipinski definition) is 2. The van der Waals surface area contributed by atoms with Gasteiger partial charge in [0.05, 0.1) is 5.71 Å². The number of rotatable bonds is 2. The molecule has 0 radical (unpaired) electrons. The molecule has 0 aliphatic heterocycles. The minimum atomic E-state index is 0.343. The first-order chi connectivity index (χ1) is 7.90. The summed E-state index contributed by atoms with van der Waals surface area (Å²) in [7, 11) is 0. The molecule has 16 heavy (non-hydrogen) atoms. The van der Waals surface area contributed by atoms with Crippen molar-refractivity contribution in [3.05, 3.63) is 0 Å². The Balaban J connectivity index is 1.89. The van der Waals surface area contributed by atoms with Gasteiger partial charge in [-0.1, -0.05) is 37.3 Å². The Morgan fingerprint density at radius 3 is 2.38 bits per heavy atom. The molecule has 0 aromatic rings. The summed E-state index contributed by atoms with van der Waals surface area (Å²) < 4.78 is 0. The Bertz CT molecular complexity index is 234. The predicted octanol–water partition coefficient (Wildman–Crippen LogP) is 3.07. The molecule has 3 heteroatoms. The third kappa shape index (κ3) is 3.21. The van der Waals surface area contributed by atoms with E-state index in [0.717, 1.165) is 18.6 Å². The maximum absolute atomic E-state index is 9.06. The van der Waals surface area contributed by atoms with E-state index in [1.807, 2.05) is 0 Å². The number of nitrogens with one attached hydrogen (secondary N) is 1. The summed E-state index contributed by atoms with van der Waals surface area (Å²) in [6.07, 6.45) is 12.6. The van der Waals surface area contributed by atoms with Crippen molar-refractivity contribution in [3.8, 4) is 0 Å². The van der Waals surface area contributed by atoms with Crippen LogP contribution in [0.2, 0.25) is 0 Å². The van der Waals surface area contributed by atoms with Gasteiger partial charge in [0.2, 0.25) is 0 Å². The van der Waals surface area contributed by atoms with E-state index >= 15 is 0 Å². The van der Waals surface area contributed by atoms with Gasteiger partial charge in [0, 0.05) is 12.1 Å². The van der Waals surface area contributed by atoms with Crippen molar-refractivity contribution in [1.82, 2.24) is 5.32 Å². The molecule has 2 rings (SSSR count). The van der Waals surface area contributed by atoms with Gasteiger partial charge in [-0.15, -0.1) is 0 Å². The van der Waals surface area contributed by atoms with Crippen molar-refractivity contribution in [2.75, 3.05) is 0 Å². The first-order valence-electron chi connectivity index (χ1n) is 6.87. The Morgan fingerprint density at radius 1 is 0.938 bits per heavy atom. The van der Waals surface area contributed by atoms with E-state index in [9.17, 15) is 0 Å². The fraction of sp³-hybridized carbons (Fsp3) is 0.923. The summed E-state index contributed by atoms with van der Waals surface area (Å²) in [5.74, 6) is 0. The number of nitrogens with zero attached hydrogens (tertiary/aromatic N) is 1. The Kier molecular flexibility index (Phi) is 4.64. The largest absolute Gasteiger partial charge is 0.411 e. The van der Waals surface area contributed by atoms with Gasteiger partial charge >= 0.3 is 0 Å². The quantitative estimate of drug-likeness (QED) is 0.430. The Morgan fingerprint density at radius 2 is 1.62 bits per heavy atom. The molecule has 0 spiro atoms. The second-order valence-corrected chi connectivity index (χ2v) is 5.24. The number of hydrogen-bond acceptors (Lipinski definition) is 3. The average molecular weight is 224 g/mol. The lowest BCUT2D eigenvalue weighted by atomic mass is 9.93. The smallest absolute Gasteiger partial charge is 0.0739 e. The maximum Gasteiger partial charge on any atom is 0.0739 e. The molecule has 2 saturated carbocycles. The minimum Gasteiger partial charge on any atom is -0.411 e. The van der Waals surface area contributed by atoms with Gasteiger partial charge in [-0.2, -0.15) is 0 Å². The van der Waals surface area contributed by atoms with E-state index in [2.05, 4.69) is 10.5 Å². The molecule has 2 aliphatic carbocycles. The summed E-state index contributed by atoms with van der Waals surface area (Å²) in [6.45, 7) is 0. The molecule has 0 aromatic heterocycles. The van der Waals surface area contributed by atoms with Crippen molar-refractivity contribution in [3.63, 3.8) is 0 Å². The fourth-order valence-corrected chi connectivity index (χ4v) is 3.03. The lowest BCUT2D eigenvalue weighted by Crippen LogP contribution is -2.43. The fourth-order valence-electron chi connectivity index (χ4n) is 3.03. The average Bonchev–Trinajstić information content (AvgIpc) is 2.55. The van der Waals surface area contributed by atoms with Gasteiger partial charge in [-0.3, -0.25) is 0 Å². The zero-order valence-electron chi connectivity index (χ0n) is 10.1. The molecular weight excluding hydrogens is 200 g/mol. The molecule has 0 saturated heterocycles. The van der Waals surface area contributed by atoms with E-state index in [1.54, 1.807) is 0 Å². The Labute approximate surface area is 98.3 Å². The minimum absolute atomic E-state index is 0.343. The molecule has 2 N–H and O–H groups in total. The van der Waals surface area contributed by atoms with Crippen LogP contribution < -0.4 is 5.32 Å². The number of oxime groups is 1. The van der Waals surface area contributed by atoms with Crippen LogP contribution in [0.5, 0.6) is 0 Å². The second kappa shape index (κ2) is 6.24. The SMILES string of the molecule is O/N=C1\CCCCC[C@@H]1NC1CCCCC1. The van der Waals surface area contributed by atoms with Gasteiger partial charge in [0.1, 0.15) is 0 Å². The topological polar surface area (TPSA) is 44.6 Å². The second-order valence-electron chi connectivity index (χ2n) is 5.24. The lowest BCUT2D eigenvalue weighted by Gasteiger charge is -2.28. The highest BCUT2D eigenvalue weighted by atomic mass is 16.4. The monoisotopic (exact) mass is 224 g/mol. The standard InChI is InChI=1S/C13H24N2O/c16-15-13-10-6-2-5-9-12(13)14-11-7-3-1-4-8-11/h11-12,14,16H,1-10H2/b15-13+/t12-/m0/s1. The van der Waals surface area contributed by atoms with Gasteiger partial charge in [0.25, 0.3) is 0 Å².